The first-order chi connectivity index (χ1) is 24.3. The van der Waals surface area contributed by atoms with Crippen LogP contribution in [-0.2, 0) is 10.1 Å². The van der Waals surface area contributed by atoms with Gasteiger partial charge in [0.05, 0.1) is 29.4 Å². The first-order valence-corrected chi connectivity index (χ1v) is 21.0. The van der Waals surface area contributed by atoms with E-state index >= 15 is 0 Å². The van der Waals surface area contributed by atoms with Crippen molar-refractivity contribution >= 4 is 44.1 Å². The Morgan fingerprint density at radius 2 is 1.14 bits per heavy atom. The number of hydrogen-bond acceptors (Lipinski definition) is 5. The molecule has 3 aromatic carbocycles. The molecule has 2 N–H and O–H groups in total. The number of hydrogen-bond donors (Lipinski definition) is 2. The van der Waals surface area contributed by atoms with Gasteiger partial charge in [-0.2, -0.15) is 8.42 Å². The zero-order valence-corrected chi connectivity index (χ0v) is 32.0. The van der Waals surface area contributed by atoms with Gasteiger partial charge in [0.15, 0.2) is 0 Å². The van der Waals surface area contributed by atoms with E-state index in [0.717, 1.165) is 50.3 Å². The van der Waals surface area contributed by atoms with Gasteiger partial charge in [-0.25, -0.2) is 0 Å². The van der Waals surface area contributed by atoms with Gasteiger partial charge in [-0.1, -0.05) is 165 Å². The first kappa shape index (κ1) is 41.6. The third-order valence-corrected chi connectivity index (χ3v) is 10.3. The van der Waals surface area contributed by atoms with Crippen LogP contribution < -0.4 is 14.8 Å². The lowest BCUT2D eigenvalue weighted by Gasteiger charge is -2.17. The lowest BCUT2D eigenvalue weighted by Crippen LogP contribution is -2.16. The summed E-state index contributed by atoms with van der Waals surface area (Å²) < 4.78 is 45.9. The van der Waals surface area contributed by atoms with Gasteiger partial charge in [-0.15, -0.1) is 0 Å². The number of ether oxygens (including phenoxy) is 2. The molecule has 0 aliphatic carbocycles. The number of nitrogens with one attached hydrogen (secondary N) is 1. The maximum atomic E-state index is 13.8. The predicted octanol–water partition coefficient (Wildman–Crippen LogP) is 12.6. The SMILES string of the molecule is CCCCCCCCCCCCCCCCCCOc1ccc(S(=O)(=O)O)cc1NC(=O)c1cc(Cl)c2ccccc2c1OCCCCCC. The van der Waals surface area contributed by atoms with E-state index in [-0.39, 0.29) is 16.1 Å². The molecule has 1 amide bonds. The summed E-state index contributed by atoms with van der Waals surface area (Å²) in [4.78, 5) is 13.5. The van der Waals surface area contributed by atoms with E-state index in [0.29, 0.717) is 35.1 Å². The molecule has 0 saturated carbocycles. The summed E-state index contributed by atoms with van der Waals surface area (Å²) in [6.45, 7) is 5.27. The van der Waals surface area contributed by atoms with Gasteiger partial charge < -0.3 is 14.8 Å². The van der Waals surface area contributed by atoms with E-state index in [1.54, 1.807) is 6.07 Å². The lowest BCUT2D eigenvalue weighted by molar-refractivity contribution is 0.102. The smallest absolute Gasteiger partial charge is 0.294 e. The minimum atomic E-state index is -4.51. The molecule has 0 atom stereocenters. The van der Waals surface area contributed by atoms with Crippen LogP contribution in [0.4, 0.5) is 5.69 Å². The van der Waals surface area contributed by atoms with Crippen molar-refractivity contribution in [2.45, 2.75) is 147 Å². The molecule has 50 heavy (non-hydrogen) atoms. The van der Waals surface area contributed by atoms with E-state index < -0.39 is 16.0 Å². The van der Waals surface area contributed by atoms with Crippen molar-refractivity contribution in [3.05, 3.63) is 59.1 Å². The minimum Gasteiger partial charge on any atom is -0.492 e. The van der Waals surface area contributed by atoms with Crippen LogP contribution in [0.3, 0.4) is 0 Å². The summed E-state index contributed by atoms with van der Waals surface area (Å²) in [7, 11) is -4.51. The second-order valence-electron chi connectivity index (χ2n) is 13.4. The van der Waals surface area contributed by atoms with E-state index in [9.17, 15) is 17.8 Å². The number of carbonyl (C=O) groups excluding carboxylic acids is 1. The van der Waals surface area contributed by atoms with Gasteiger partial charge in [0, 0.05) is 15.8 Å². The Kier molecular flexibility index (Phi) is 19.7. The summed E-state index contributed by atoms with van der Waals surface area (Å²) in [5.41, 5.74) is 0.366. The molecule has 0 unspecified atom stereocenters. The van der Waals surface area contributed by atoms with E-state index in [2.05, 4.69) is 19.2 Å². The van der Waals surface area contributed by atoms with Gasteiger partial charge in [-0.05, 0) is 37.1 Å². The fourth-order valence-corrected chi connectivity index (χ4v) is 7.03. The molecule has 278 valence electrons. The molecule has 0 spiro atoms. The average Bonchev–Trinajstić information content (AvgIpc) is 3.10. The summed E-state index contributed by atoms with van der Waals surface area (Å²) in [6.07, 6.45) is 24.5. The van der Waals surface area contributed by atoms with Crippen LogP contribution >= 0.6 is 11.6 Å². The normalized spacial score (nSPS) is 11.6. The van der Waals surface area contributed by atoms with Crippen molar-refractivity contribution in [2.75, 3.05) is 18.5 Å². The molecule has 0 radical (unpaired) electrons. The van der Waals surface area contributed by atoms with Crippen molar-refractivity contribution in [3.63, 3.8) is 0 Å². The third kappa shape index (κ3) is 14.8. The number of anilines is 1. The Labute approximate surface area is 306 Å². The molecular formula is C41H60ClNO6S. The molecule has 3 aromatic rings. The molecule has 3 rings (SSSR count). The van der Waals surface area contributed by atoms with Crippen molar-refractivity contribution in [1.82, 2.24) is 0 Å². The Hall–Kier alpha value is -2.81. The zero-order valence-electron chi connectivity index (χ0n) is 30.4. The van der Waals surface area contributed by atoms with Gasteiger partial charge in [0.25, 0.3) is 16.0 Å². The molecule has 0 bridgehead atoms. The molecule has 0 fully saturated rings. The average molecular weight is 730 g/mol. The quantitative estimate of drug-likeness (QED) is 0.0598. The molecule has 0 saturated heterocycles. The van der Waals surface area contributed by atoms with Crippen LogP contribution in [0.2, 0.25) is 5.02 Å². The standard InChI is InChI=1S/C41H60ClNO6S/c1-3-5-7-9-10-11-12-13-14-15-16-17-18-19-20-24-29-48-39-28-27-33(50(45,46)47)31-38(39)43-41(44)36-32-37(42)34-25-21-22-26-35(34)40(36)49-30-23-8-6-4-2/h21-22,25-28,31-32H,3-20,23-24,29-30H2,1-2H3,(H,43,44)(H,45,46,47). The number of amides is 1. The van der Waals surface area contributed by atoms with Crippen LogP contribution in [0.25, 0.3) is 10.8 Å². The van der Waals surface area contributed by atoms with Crippen LogP contribution in [0.1, 0.15) is 153 Å². The third-order valence-electron chi connectivity index (χ3n) is 9.19. The van der Waals surface area contributed by atoms with Crippen molar-refractivity contribution in [1.29, 1.82) is 0 Å². The van der Waals surface area contributed by atoms with E-state index in [4.69, 9.17) is 21.1 Å². The summed E-state index contributed by atoms with van der Waals surface area (Å²) in [6, 6.07) is 13.0. The molecule has 0 aromatic heterocycles. The molecule has 7 nitrogen and oxygen atoms in total. The molecule has 0 aliphatic rings. The highest BCUT2D eigenvalue weighted by molar-refractivity contribution is 7.85. The van der Waals surface area contributed by atoms with E-state index in [1.807, 2.05) is 24.3 Å². The maximum Gasteiger partial charge on any atom is 0.294 e. The molecule has 9 heteroatoms. The highest BCUT2D eigenvalue weighted by atomic mass is 35.5. The Morgan fingerprint density at radius 1 is 0.660 bits per heavy atom. The number of rotatable bonds is 27. The zero-order chi connectivity index (χ0) is 36.0. The first-order valence-electron chi connectivity index (χ1n) is 19.2. The largest absolute Gasteiger partial charge is 0.492 e. The summed E-state index contributed by atoms with van der Waals surface area (Å²) in [5, 5.41) is 4.69. The lowest BCUT2D eigenvalue weighted by atomic mass is 10.0. The van der Waals surface area contributed by atoms with Crippen molar-refractivity contribution < 1.29 is 27.2 Å². The van der Waals surface area contributed by atoms with Gasteiger partial charge in [0.2, 0.25) is 0 Å². The fraction of sp³-hybridized carbons (Fsp3) is 0.585. The number of halogens is 1. The van der Waals surface area contributed by atoms with Crippen LogP contribution in [-0.4, -0.2) is 32.1 Å². The summed E-state index contributed by atoms with van der Waals surface area (Å²) >= 11 is 6.61. The van der Waals surface area contributed by atoms with Crippen LogP contribution in [0, 0.1) is 0 Å². The van der Waals surface area contributed by atoms with Gasteiger partial charge in [-0.3, -0.25) is 9.35 Å². The molecule has 0 heterocycles. The highest BCUT2D eigenvalue weighted by Gasteiger charge is 2.21. The van der Waals surface area contributed by atoms with Crippen molar-refractivity contribution in [2.24, 2.45) is 0 Å². The number of unbranched alkanes of at least 4 members (excludes halogenated alkanes) is 18. The molecule has 0 aliphatic heterocycles. The van der Waals surface area contributed by atoms with E-state index in [1.165, 1.54) is 102 Å². The second-order valence-corrected chi connectivity index (χ2v) is 15.3. The van der Waals surface area contributed by atoms with Gasteiger partial charge >= 0.3 is 0 Å². The highest BCUT2D eigenvalue weighted by Crippen LogP contribution is 2.37. The monoisotopic (exact) mass is 729 g/mol. The van der Waals surface area contributed by atoms with Crippen LogP contribution in [0.15, 0.2) is 53.4 Å². The Bertz CT molecular complexity index is 1540. The second kappa shape index (κ2) is 23.6. The van der Waals surface area contributed by atoms with Crippen molar-refractivity contribution in [3.8, 4) is 11.5 Å². The van der Waals surface area contributed by atoms with Gasteiger partial charge in [0.1, 0.15) is 11.5 Å². The number of carbonyl (C=O) groups is 1. The number of benzene rings is 3. The topological polar surface area (TPSA) is 102 Å². The fourth-order valence-electron chi connectivity index (χ4n) is 6.25. The molecular weight excluding hydrogens is 670 g/mol. The minimum absolute atomic E-state index is 0.139. The number of fused-ring (bicyclic) bond motifs is 1. The Balaban J connectivity index is 1.53. The predicted molar refractivity (Wildman–Crippen MR) is 208 cm³/mol. The maximum absolute atomic E-state index is 13.8. The van der Waals surface area contributed by atoms with Crippen LogP contribution in [0.5, 0.6) is 11.5 Å². The Morgan fingerprint density at radius 3 is 1.68 bits per heavy atom. The summed E-state index contributed by atoms with van der Waals surface area (Å²) in [5.74, 6) is 0.210.